The Bertz CT molecular complexity index is 832. The fourth-order valence-electron chi connectivity index (χ4n) is 3.57. The van der Waals surface area contributed by atoms with E-state index in [1.165, 1.54) is 0 Å². The first-order chi connectivity index (χ1) is 12.7. The Morgan fingerprint density at radius 1 is 1.19 bits per heavy atom. The van der Waals surface area contributed by atoms with Gasteiger partial charge < -0.3 is 20.1 Å². The molecule has 1 fully saturated rings. The highest BCUT2D eigenvalue weighted by atomic mass is 35.5. The van der Waals surface area contributed by atoms with Gasteiger partial charge in [0.15, 0.2) is 0 Å². The summed E-state index contributed by atoms with van der Waals surface area (Å²) in [6.45, 7) is 1.99. The number of benzene rings is 2. The smallest absolute Gasteiger partial charge is 0.144 e. The molecule has 2 aromatic carbocycles. The van der Waals surface area contributed by atoms with Crippen LogP contribution in [0.2, 0.25) is 5.02 Å². The van der Waals surface area contributed by atoms with Crippen molar-refractivity contribution in [3.63, 3.8) is 0 Å². The Balaban J connectivity index is 1.70. The van der Waals surface area contributed by atoms with E-state index in [0.29, 0.717) is 19.8 Å². The second kappa shape index (κ2) is 7.17. The fraction of sp³-hybridized carbons (Fsp3) is 0.350. The Morgan fingerprint density at radius 2 is 2.00 bits per heavy atom. The van der Waals surface area contributed by atoms with E-state index in [0.717, 1.165) is 46.4 Å². The van der Waals surface area contributed by atoms with E-state index in [1.54, 1.807) is 7.11 Å². The summed E-state index contributed by atoms with van der Waals surface area (Å²) in [6.07, 6.45) is 1.73. The van der Waals surface area contributed by atoms with Gasteiger partial charge in [-0.3, -0.25) is 4.99 Å². The Morgan fingerprint density at radius 3 is 2.77 bits per heavy atom. The molecule has 5 nitrogen and oxygen atoms in total. The summed E-state index contributed by atoms with van der Waals surface area (Å²) in [5.74, 6) is 1.73. The predicted molar refractivity (Wildman–Crippen MR) is 106 cm³/mol. The van der Waals surface area contributed by atoms with Gasteiger partial charge in [-0.15, -0.1) is 0 Å². The molecule has 6 heteroatoms. The minimum atomic E-state index is -0.240. The number of hydrogen-bond acceptors (Lipinski definition) is 4. The van der Waals surface area contributed by atoms with Gasteiger partial charge in [-0.05, 0) is 29.8 Å². The highest BCUT2D eigenvalue weighted by Crippen LogP contribution is 2.41. The van der Waals surface area contributed by atoms with Crippen LogP contribution in [0.4, 0.5) is 11.4 Å². The second-order valence-corrected chi connectivity index (χ2v) is 7.06. The van der Waals surface area contributed by atoms with E-state index in [1.807, 2.05) is 36.4 Å². The van der Waals surface area contributed by atoms with Crippen molar-refractivity contribution in [2.45, 2.75) is 24.9 Å². The number of nitrogens with one attached hydrogen (secondary N) is 2. The highest BCUT2D eigenvalue weighted by Gasteiger charge is 2.42. The number of nitrogens with zero attached hydrogens (tertiary/aromatic N) is 1. The molecule has 0 amide bonds. The molecule has 4 rings (SSSR count). The molecule has 1 spiro atoms. The number of fused-ring (bicyclic) bond motifs is 1. The van der Waals surface area contributed by atoms with Gasteiger partial charge in [0.2, 0.25) is 0 Å². The summed E-state index contributed by atoms with van der Waals surface area (Å²) >= 11 is 6.11. The van der Waals surface area contributed by atoms with E-state index in [4.69, 9.17) is 26.1 Å². The number of rotatable bonds is 3. The number of ether oxygens (including phenoxy) is 2. The third-order valence-electron chi connectivity index (χ3n) is 4.97. The second-order valence-electron chi connectivity index (χ2n) is 6.62. The molecule has 2 aromatic rings. The van der Waals surface area contributed by atoms with Gasteiger partial charge in [-0.25, -0.2) is 0 Å². The van der Waals surface area contributed by atoms with Crippen LogP contribution >= 0.6 is 11.6 Å². The van der Waals surface area contributed by atoms with E-state index in [9.17, 15) is 0 Å². The number of hydrogen-bond donors (Lipinski definition) is 2. The molecule has 0 atom stereocenters. The molecule has 136 valence electrons. The molecule has 0 bridgehead atoms. The average molecular weight is 372 g/mol. The van der Waals surface area contributed by atoms with Crippen LogP contribution in [0.15, 0.2) is 47.5 Å². The molecule has 0 aromatic heterocycles. The number of halogens is 1. The van der Waals surface area contributed by atoms with E-state index >= 15 is 0 Å². The summed E-state index contributed by atoms with van der Waals surface area (Å²) < 4.78 is 11.1. The lowest BCUT2D eigenvalue weighted by Crippen LogP contribution is -2.55. The molecule has 0 saturated carbocycles. The summed E-state index contributed by atoms with van der Waals surface area (Å²) in [6, 6.07) is 13.8. The van der Waals surface area contributed by atoms with Crippen LogP contribution in [0.25, 0.3) is 0 Å². The maximum absolute atomic E-state index is 6.11. The number of aliphatic imine (C=N–C) groups is 1. The molecule has 2 aliphatic rings. The minimum Gasteiger partial charge on any atom is -0.494 e. The summed E-state index contributed by atoms with van der Waals surface area (Å²) in [4.78, 5) is 4.92. The van der Waals surface area contributed by atoms with Crippen molar-refractivity contribution in [2.24, 2.45) is 4.99 Å². The van der Waals surface area contributed by atoms with Crippen LogP contribution in [-0.4, -0.2) is 31.7 Å². The normalized spacial score (nSPS) is 19.5. The number of anilines is 2. The first-order valence-corrected chi connectivity index (χ1v) is 9.17. The molecule has 2 heterocycles. The molecule has 0 radical (unpaired) electrons. The quantitative estimate of drug-likeness (QED) is 0.843. The van der Waals surface area contributed by atoms with Gasteiger partial charge in [-0.1, -0.05) is 29.8 Å². The van der Waals surface area contributed by atoms with Crippen molar-refractivity contribution >= 4 is 28.8 Å². The third-order valence-corrected chi connectivity index (χ3v) is 5.21. The van der Waals surface area contributed by atoms with Gasteiger partial charge in [0.25, 0.3) is 0 Å². The van der Waals surface area contributed by atoms with Gasteiger partial charge in [0, 0.05) is 31.1 Å². The predicted octanol–water partition coefficient (Wildman–Crippen LogP) is 4.33. The van der Waals surface area contributed by atoms with Crippen LogP contribution in [0.5, 0.6) is 5.75 Å². The lowest BCUT2D eigenvalue weighted by atomic mass is 9.86. The largest absolute Gasteiger partial charge is 0.494 e. The molecular weight excluding hydrogens is 350 g/mol. The van der Waals surface area contributed by atoms with E-state index in [2.05, 4.69) is 16.7 Å². The maximum Gasteiger partial charge on any atom is 0.144 e. The van der Waals surface area contributed by atoms with Crippen molar-refractivity contribution in [1.29, 1.82) is 0 Å². The lowest BCUT2D eigenvalue weighted by molar-refractivity contribution is 0.0778. The number of para-hydroxylation sites is 1. The van der Waals surface area contributed by atoms with Gasteiger partial charge in [-0.2, -0.15) is 0 Å². The Kier molecular flexibility index (Phi) is 4.74. The zero-order valence-electron chi connectivity index (χ0n) is 14.7. The van der Waals surface area contributed by atoms with Crippen LogP contribution in [-0.2, 0) is 11.3 Å². The van der Waals surface area contributed by atoms with Crippen molar-refractivity contribution in [1.82, 2.24) is 0 Å². The van der Waals surface area contributed by atoms with Gasteiger partial charge in [0.05, 0.1) is 24.9 Å². The number of methoxy groups -OCH3 is 1. The van der Waals surface area contributed by atoms with Crippen molar-refractivity contribution < 1.29 is 9.47 Å². The van der Waals surface area contributed by atoms with Crippen LogP contribution in [0.1, 0.15) is 18.4 Å². The zero-order valence-corrected chi connectivity index (χ0v) is 15.5. The third kappa shape index (κ3) is 3.24. The molecule has 1 saturated heterocycles. The van der Waals surface area contributed by atoms with Gasteiger partial charge >= 0.3 is 0 Å². The maximum atomic E-state index is 6.11. The van der Waals surface area contributed by atoms with Crippen LogP contribution in [0, 0.1) is 0 Å². The summed E-state index contributed by atoms with van der Waals surface area (Å²) in [5.41, 5.74) is 2.81. The number of amidine groups is 1. The SMILES string of the molecule is COc1cccc2c1NC(=NCc1cccc(Cl)c1)C1(CCOCC1)N2. The molecule has 2 aliphatic heterocycles. The Hall–Kier alpha value is -2.24. The minimum absolute atomic E-state index is 0.240. The first kappa shape index (κ1) is 17.2. The van der Waals surface area contributed by atoms with Crippen LogP contribution < -0.4 is 15.4 Å². The zero-order chi connectivity index (χ0) is 18.0. The average Bonchev–Trinajstić information content (AvgIpc) is 2.66. The van der Waals surface area contributed by atoms with Gasteiger partial charge in [0.1, 0.15) is 17.3 Å². The monoisotopic (exact) mass is 371 g/mol. The highest BCUT2D eigenvalue weighted by molar-refractivity contribution is 6.30. The molecule has 26 heavy (non-hydrogen) atoms. The van der Waals surface area contributed by atoms with E-state index < -0.39 is 0 Å². The molecule has 0 unspecified atom stereocenters. The van der Waals surface area contributed by atoms with Crippen molar-refractivity contribution in [3.8, 4) is 5.75 Å². The molecular formula is C20H22ClN3O2. The fourth-order valence-corrected chi connectivity index (χ4v) is 3.78. The van der Waals surface area contributed by atoms with Crippen LogP contribution in [0.3, 0.4) is 0 Å². The standard InChI is InChI=1S/C20H22ClN3O2/c1-25-17-7-3-6-16-18(17)23-19(20(24-16)8-10-26-11-9-20)22-13-14-4-2-5-15(21)12-14/h2-7,12,24H,8-11,13H2,1H3,(H,22,23). The Labute approximate surface area is 158 Å². The van der Waals surface area contributed by atoms with Crippen molar-refractivity contribution in [3.05, 3.63) is 53.1 Å². The van der Waals surface area contributed by atoms with E-state index in [-0.39, 0.29) is 5.54 Å². The summed E-state index contributed by atoms with van der Waals surface area (Å²) in [5, 5.41) is 7.97. The topological polar surface area (TPSA) is 54.9 Å². The summed E-state index contributed by atoms with van der Waals surface area (Å²) in [7, 11) is 1.68. The first-order valence-electron chi connectivity index (χ1n) is 8.79. The van der Waals surface area contributed by atoms with Crippen molar-refractivity contribution in [2.75, 3.05) is 31.0 Å². The molecule has 0 aliphatic carbocycles. The lowest BCUT2D eigenvalue weighted by Gasteiger charge is -2.44. The molecule has 2 N–H and O–H groups in total.